The third-order valence-corrected chi connectivity index (χ3v) is 9.08. The van der Waals surface area contributed by atoms with Crippen LogP contribution in [0.2, 0.25) is 0 Å². The Morgan fingerprint density at radius 2 is 1.54 bits per heavy atom. The van der Waals surface area contributed by atoms with Gasteiger partial charge < -0.3 is 4.90 Å². The summed E-state index contributed by atoms with van der Waals surface area (Å²) in [6.07, 6.45) is 0. The van der Waals surface area contributed by atoms with Crippen molar-refractivity contribution in [2.75, 3.05) is 13.1 Å². The molecule has 0 spiro atoms. The first-order valence-electron chi connectivity index (χ1n) is 11.9. The third-order valence-electron chi connectivity index (χ3n) is 5.95. The van der Waals surface area contributed by atoms with Gasteiger partial charge in [0.2, 0.25) is 15.9 Å². The largest absolute Gasteiger partial charge is 0.332 e. The number of benzene rings is 2. The zero-order valence-electron chi connectivity index (χ0n) is 21.5. The Hall–Kier alpha value is -2.48. The van der Waals surface area contributed by atoms with Crippen molar-refractivity contribution in [3.63, 3.8) is 0 Å². The van der Waals surface area contributed by atoms with E-state index in [0.29, 0.717) is 29.1 Å². The summed E-state index contributed by atoms with van der Waals surface area (Å²) < 4.78 is 29.1. The predicted molar refractivity (Wildman–Crippen MR) is 144 cm³/mol. The highest BCUT2D eigenvalue weighted by atomic mass is 32.2. The van der Waals surface area contributed by atoms with Gasteiger partial charge in [0.25, 0.3) is 0 Å². The van der Waals surface area contributed by atoms with E-state index in [2.05, 4.69) is 0 Å². The number of aryl methyl sites for hydroxylation is 4. The average molecular weight is 513 g/mol. The summed E-state index contributed by atoms with van der Waals surface area (Å²) in [6.45, 7) is 12.5. The minimum absolute atomic E-state index is 0.0748. The van der Waals surface area contributed by atoms with E-state index >= 15 is 0 Å². The molecule has 0 saturated carbocycles. The normalized spacial score (nSPS) is 11.9. The van der Waals surface area contributed by atoms with Crippen LogP contribution in [0.4, 0.5) is 0 Å². The summed E-state index contributed by atoms with van der Waals surface area (Å²) in [4.78, 5) is 16.9. The van der Waals surface area contributed by atoms with Crippen LogP contribution in [0.25, 0.3) is 0 Å². The number of sulfonamides is 1. The summed E-state index contributed by atoms with van der Waals surface area (Å²) in [5.41, 5.74) is 4.58. The maximum atomic E-state index is 13.9. The van der Waals surface area contributed by atoms with Crippen molar-refractivity contribution in [2.24, 2.45) is 5.92 Å². The minimum Gasteiger partial charge on any atom is -0.332 e. The van der Waals surface area contributed by atoms with E-state index in [4.69, 9.17) is 0 Å². The van der Waals surface area contributed by atoms with Crippen molar-refractivity contribution >= 4 is 27.3 Å². The minimum atomic E-state index is -3.86. The quantitative estimate of drug-likeness (QED) is 0.342. The van der Waals surface area contributed by atoms with Crippen LogP contribution < -0.4 is 0 Å². The van der Waals surface area contributed by atoms with Crippen molar-refractivity contribution < 1.29 is 13.2 Å². The van der Waals surface area contributed by atoms with Crippen molar-refractivity contribution in [3.8, 4) is 0 Å². The fourth-order valence-electron chi connectivity index (χ4n) is 4.38. The molecule has 35 heavy (non-hydrogen) atoms. The van der Waals surface area contributed by atoms with Crippen LogP contribution in [-0.2, 0) is 27.9 Å². The van der Waals surface area contributed by atoms with E-state index in [1.807, 2.05) is 95.5 Å². The van der Waals surface area contributed by atoms with Gasteiger partial charge in [-0.1, -0.05) is 61.9 Å². The number of rotatable bonds is 10. The maximum absolute atomic E-state index is 13.9. The van der Waals surface area contributed by atoms with Gasteiger partial charge in [0.15, 0.2) is 0 Å². The molecule has 0 saturated heterocycles. The van der Waals surface area contributed by atoms with Crippen LogP contribution in [0.15, 0.2) is 58.8 Å². The molecule has 0 aliphatic rings. The molecule has 3 aromatic rings. The molecule has 1 heterocycles. The fourth-order valence-corrected chi connectivity index (χ4v) is 7.27. The molecule has 1 amide bonds. The molecule has 188 valence electrons. The molecule has 0 aliphatic carbocycles. The molecule has 0 fully saturated rings. The number of hydrogen-bond donors (Lipinski definition) is 0. The molecule has 7 heteroatoms. The molecule has 3 rings (SSSR count). The summed E-state index contributed by atoms with van der Waals surface area (Å²) in [5.74, 6) is -0.126. The van der Waals surface area contributed by atoms with Crippen LogP contribution in [0, 0.1) is 33.6 Å². The highest BCUT2D eigenvalue weighted by Crippen LogP contribution is 2.27. The zero-order chi connectivity index (χ0) is 25.8. The second-order valence-corrected chi connectivity index (χ2v) is 12.6. The van der Waals surface area contributed by atoms with Gasteiger partial charge >= 0.3 is 0 Å². The first-order valence-corrected chi connectivity index (χ1v) is 14.2. The van der Waals surface area contributed by atoms with Gasteiger partial charge in [0.05, 0.1) is 18.0 Å². The van der Waals surface area contributed by atoms with E-state index in [9.17, 15) is 13.2 Å². The second kappa shape index (κ2) is 11.5. The van der Waals surface area contributed by atoms with Crippen molar-refractivity contribution in [3.05, 3.63) is 86.6 Å². The Kier molecular flexibility index (Phi) is 8.91. The predicted octanol–water partition coefficient (Wildman–Crippen LogP) is 5.86. The number of amides is 1. The Balaban J connectivity index is 1.95. The number of thiophene rings is 1. The van der Waals surface area contributed by atoms with Gasteiger partial charge in [0.1, 0.15) is 0 Å². The van der Waals surface area contributed by atoms with Crippen LogP contribution in [-0.4, -0.2) is 36.6 Å². The molecule has 0 N–H and O–H groups in total. The maximum Gasteiger partial charge on any atom is 0.244 e. The summed E-state index contributed by atoms with van der Waals surface area (Å²) in [5, 5.41) is 2.02. The monoisotopic (exact) mass is 512 g/mol. The lowest BCUT2D eigenvalue weighted by Gasteiger charge is -2.29. The number of hydrogen-bond acceptors (Lipinski definition) is 4. The molecule has 5 nitrogen and oxygen atoms in total. The van der Waals surface area contributed by atoms with Gasteiger partial charge in [-0.2, -0.15) is 4.31 Å². The Bertz CT molecular complexity index is 1240. The van der Waals surface area contributed by atoms with E-state index in [0.717, 1.165) is 21.6 Å². The van der Waals surface area contributed by atoms with Crippen LogP contribution >= 0.6 is 11.3 Å². The Morgan fingerprint density at radius 1 is 0.914 bits per heavy atom. The fraction of sp³-hybridized carbons (Fsp3) is 0.393. The standard InChI is InChI=1S/C28H36N2O3S2/c1-20(2)16-30(35(32,33)28-23(5)14-21(3)15-24(28)6)19-27(31)29(17-25-10-8-7-9-11-25)18-26-22(4)12-13-34-26/h7-15,20H,16-19H2,1-6H3. The summed E-state index contributed by atoms with van der Waals surface area (Å²) in [6, 6.07) is 15.6. The van der Waals surface area contributed by atoms with E-state index in [1.165, 1.54) is 4.31 Å². The average Bonchev–Trinajstić information content (AvgIpc) is 3.16. The SMILES string of the molecule is Cc1cc(C)c(S(=O)(=O)N(CC(=O)N(Cc2ccccc2)Cc2sccc2C)CC(C)C)c(C)c1. The molecular formula is C28H36N2O3S2. The lowest BCUT2D eigenvalue weighted by Crippen LogP contribution is -2.44. The highest BCUT2D eigenvalue weighted by Gasteiger charge is 2.31. The van der Waals surface area contributed by atoms with Crippen molar-refractivity contribution in [2.45, 2.75) is 59.5 Å². The van der Waals surface area contributed by atoms with Gasteiger partial charge in [-0.25, -0.2) is 8.42 Å². The molecule has 0 unspecified atom stereocenters. The van der Waals surface area contributed by atoms with E-state index in [-0.39, 0.29) is 24.9 Å². The van der Waals surface area contributed by atoms with Gasteiger partial charge in [-0.05, 0) is 67.3 Å². The van der Waals surface area contributed by atoms with E-state index in [1.54, 1.807) is 16.2 Å². The molecule has 0 aliphatic heterocycles. The summed E-state index contributed by atoms with van der Waals surface area (Å²) in [7, 11) is -3.86. The molecule has 0 bridgehead atoms. The number of nitrogens with zero attached hydrogens (tertiary/aromatic N) is 2. The smallest absolute Gasteiger partial charge is 0.244 e. The molecule has 2 aromatic carbocycles. The third kappa shape index (κ3) is 6.81. The first-order chi connectivity index (χ1) is 16.5. The lowest BCUT2D eigenvalue weighted by molar-refractivity contribution is -0.132. The zero-order valence-corrected chi connectivity index (χ0v) is 23.2. The van der Waals surface area contributed by atoms with Crippen LogP contribution in [0.5, 0.6) is 0 Å². The molecular weight excluding hydrogens is 476 g/mol. The second-order valence-electron chi connectivity index (χ2n) is 9.68. The van der Waals surface area contributed by atoms with Crippen molar-refractivity contribution in [1.82, 2.24) is 9.21 Å². The first kappa shape index (κ1) is 27.1. The molecule has 0 atom stereocenters. The lowest BCUT2D eigenvalue weighted by atomic mass is 10.1. The van der Waals surface area contributed by atoms with Crippen LogP contribution in [0.1, 0.15) is 46.5 Å². The summed E-state index contributed by atoms with van der Waals surface area (Å²) >= 11 is 1.62. The van der Waals surface area contributed by atoms with Gasteiger partial charge in [-0.3, -0.25) is 4.79 Å². The van der Waals surface area contributed by atoms with E-state index < -0.39 is 10.0 Å². The Morgan fingerprint density at radius 3 is 2.09 bits per heavy atom. The van der Waals surface area contributed by atoms with Crippen LogP contribution in [0.3, 0.4) is 0 Å². The number of carbonyl (C=O) groups excluding carboxylic acids is 1. The van der Waals surface area contributed by atoms with Gasteiger partial charge in [-0.15, -0.1) is 11.3 Å². The van der Waals surface area contributed by atoms with Crippen molar-refractivity contribution in [1.29, 1.82) is 0 Å². The highest BCUT2D eigenvalue weighted by molar-refractivity contribution is 7.89. The topological polar surface area (TPSA) is 57.7 Å². The van der Waals surface area contributed by atoms with Gasteiger partial charge in [0, 0.05) is 18.0 Å². The number of carbonyl (C=O) groups is 1. The molecule has 0 radical (unpaired) electrons. The molecule has 1 aromatic heterocycles. The Labute approximate surface area is 214 Å².